The normalized spacial score (nSPS) is 22.9. The molecule has 0 aromatic heterocycles. The minimum absolute atomic E-state index is 0.0393. The van der Waals surface area contributed by atoms with Crippen molar-refractivity contribution >= 4 is 17.5 Å². The summed E-state index contributed by atoms with van der Waals surface area (Å²) in [7, 11) is 1.61. The second-order valence-electron chi connectivity index (χ2n) is 6.92. The zero-order chi connectivity index (χ0) is 17.5. The molecule has 0 spiro atoms. The average Bonchev–Trinajstić information content (AvgIpc) is 2.52. The Morgan fingerprint density at radius 1 is 1.33 bits per heavy atom. The van der Waals surface area contributed by atoms with Crippen LogP contribution in [0.25, 0.3) is 0 Å². The molecule has 1 aliphatic carbocycles. The lowest BCUT2D eigenvalue weighted by atomic mass is 9.76. The van der Waals surface area contributed by atoms with Crippen LogP contribution < -0.4 is 10.5 Å². The molecule has 2 N–H and O–H groups in total. The maximum atomic E-state index is 12.6. The highest BCUT2D eigenvalue weighted by atomic mass is 32.2. The summed E-state index contributed by atoms with van der Waals surface area (Å²) in [5.74, 6) is 0.762. The fourth-order valence-corrected chi connectivity index (χ4v) is 5.08. The quantitative estimate of drug-likeness (QED) is 0.884. The number of nitriles is 1. The van der Waals surface area contributed by atoms with Gasteiger partial charge in [0.05, 0.1) is 35.3 Å². The molecule has 1 aliphatic heterocycles. The molecule has 2 aliphatic rings. The number of Topliss-reactive ketones (excluding diaryl/α,β-unsaturated/α-hetero) is 1. The fourth-order valence-electron chi connectivity index (χ4n) is 3.36. The molecule has 0 fully saturated rings. The van der Waals surface area contributed by atoms with Crippen molar-refractivity contribution in [2.75, 3.05) is 7.11 Å². The number of methoxy groups -OCH3 is 1. The monoisotopic (exact) mass is 340 g/mol. The lowest BCUT2D eigenvalue weighted by Crippen LogP contribution is -2.30. The van der Waals surface area contributed by atoms with Gasteiger partial charge in [0, 0.05) is 12.0 Å². The Hall–Kier alpha value is -2.19. The van der Waals surface area contributed by atoms with Gasteiger partial charge in [0.1, 0.15) is 5.75 Å². The van der Waals surface area contributed by atoms with Gasteiger partial charge in [0.25, 0.3) is 0 Å². The predicted molar refractivity (Wildman–Crippen MR) is 95.2 cm³/mol. The average molecular weight is 340 g/mol. The summed E-state index contributed by atoms with van der Waals surface area (Å²) in [6.07, 6.45) is 1.26. The van der Waals surface area contributed by atoms with E-state index < -0.39 is 0 Å². The molecular weight excluding hydrogens is 320 g/mol. The van der Waals surface area contributed by atoms with Gasteiger partial charge in [-0.2, -0.15) is 5.26 Å². The molecule has 0 bridgehead atoms. The number of nitrogens with zero attached hydrogens (tertiary/aromatic N) is 1. The second-order valence-corrected chi connectivity index (χ2v) is 8.12. The molecular formula is C19H20N2O2S. The largest absolute Gasteiger partial charge is 0.496 e. The lowest BCUT2D eigenvalue weighted by Gasteiger charge is -2.36. The summed E-state index contributed by atoms with van der Waals surface area (Å²) < 4.78 is 5.46. The number of benzene rings is 1. The standard InChI is InChI=1S/C19H20N2O2S/c1-19(2)8-13(22)16-15(9-19)24-18(12(10-20)17(16)21)11-6-4-5-7-14(11)23-3/h4-7,18H,8-9,21H2,1-3H3/t18-/m0/s1. The molecule has 3 rings (SSSR count). The molecule has 1 aromatic carbocycles. The van der Waals surface area contributed by atoms with Crippen LogP contribution in [0.5, 0.6) is 5.75 Å². The summed E-state index contributed by atoms with van der Waals surface area (Å²) in [6.45, 7) is 4.18. The van der Waals surface area contributed by atoms with Crippen LogP contribution in [0.3, 0.4) is 0 Å². The molecule has 0 saturated heterocycles. The van der Waals surface area contributed by atoms with Crippen molar-refractivity contribution in [2.24, 2.45) is 11.1 Å². The molecule has 1 heterocycles. The van der Waals surface area contributed by atoms with Crippen LogP contribution in [-0.4, -0.2) is 12.9 Å². The van der Waals surface area contributed by atoms with Crippen LogP contribution in [0.2, 0.25) is 0 Å². The fraction of sp³-hybridized carbons (Fsp3) is 0.368. The SMILES string of the molecule is COc1ccccc1[C@@H]1SC2=C(C(=O)CC(C)(C)C2)C(N)=C1C#N. The third kappa shape index (κ3) is 2.71. The molecule has 0 radical (unpaired) electrons. The molecule has 0 amide bonds. The molecule has 0 unspecified atom stereocenters. The highest BCUT2D eigenvalue weighted by Crippen LogP contribution is 2.54. The van der Waals surface area contributed by atoms with Crippen molar-refractivity contribution in [3.05, 3.63) is 51.6 Å². The minimum Gasteiger partial charge on any atom is -0.496 e. The molecule has 0 saturated carbocycles. The highest BCUT2D eigenvalue weighted by molar-refractivity contribution is 8.03. The number of carbonyl (C=O) groups excluding carboxylic acids is 1. The van der Waals surface area contributed by atoms with Gasteiger partial charge in [-0.1, -0.05) is 32.0 Å². The van der Waals surface area contributed by atoms with E-state index >= 15 is 0 Å². The Morgan fingerprint density at radius 3 is 2.71 bits per heavy atom. The van der Waals surface area contributed by atoms with Crippen LogP contribution in [0.4, 0.5) is 0 Å². The Balaban J connectivity index is 2.14. The summed E-state index contributed by atoms with van der Waals surface area (Å²) in [6, 6.07) is 9.86. The first kappa shape index (κ1) is 16.7. The molecule has 1 aromatic rings. The van der Waals surface area contributed by atoms with Crippen LogP contribution in [-0.2, 0) is 4.79 Å². The summed E-state index contributed by atoms with van der Waals surface area (Å²) in [5.41, 5.74) is 8.43. The topological polar surface area (TPSA) is 76.1 Å². The van der Waals surface area contributed by atoms with E-state index in [9.17, 15) is 10.1 Å². The van der Waals surface area contributed by atoms with Crippen molar-refractivity contribution in [3.63, 3.8) is 0 Å². The zero-order valence-corrected chi connectivity index (χ0v) is 14.9. The zero-order valence-electron chi connectivity index (χ0n) is 14.1. The summed E-state index contributed by atoms with van der Waals surface area (Å²) >= 11 is 1.56. The number of carbonyl (C=O) groups is 1. The minimum atomic E-state index is -0.244. The predicted octanol–water partition coefficient (Wildman–Crippen LogP) is 3.86. The van der Waals surface area contributed by atoms with Gasteiger partial charge in [-0.3, -0.25) is 4.79 Å². The molecule has 5 heteroatoms. The third-order valence-electron chi connectivity index (χ3n) is 4.46. The van der Waals surface area contributed by atoms with Crippen molar-refractivity contribution in [1.82, 2.24) is 0 Å². The van der Waals surface area contributed by atoms with Crippen LogP contribution >= 0.6 is 11.8 Å². The number of rotatable bonds is 2. The maximum Gasteiger partial charge on any atom is 0.166 e. The van der Waals surface area contributed by atoms with E-state index in [1.165, 1.54) is 0 Å². The van der Waals surface area contributed by atoms with Gasteiger partial charge in [-0.25, -0.2) is 0 Å². The van der Waals surface area contributed by atoms with E-state index in [4.69, 9.17) is 10.5 Å². The van der Waals surface area contributed by atoms with Gasteiger partial charge in [-0.15, -0.1) is 11.8 Å². The molecule has 1 atom stereocenters. The summed E-state index contributed by atoms with van der Waals surface area (Å²) in [4.78, 5) is 13.6. The molecule has 24 heavy (non-hydrogen) atoms. The number of ketones is 1. The number of nitrogens with two attached hydrogens (primary N) is 1. The van der Waals surface area contributed by atoms with Crippen LogP contribution in [0.15, 0.2) is 46.0 Å². The van der Waals surface area contributed by atoms with Gasteiger partial charge < -0.3 is 10.5 Å². The van der Waals surface area contributed by atoms with Crippen LogP contribution in [0, 0.1) is 16.7 Å². The van der Waals surface area contributed by atoms with E-state index in [-0.39, 0.29) is 16.4 Å². The van der Waals surface area contributed by atoms with Crippen molar-refractivity contribution in [1.29, 1.82) is 5.26 Å². The first-order chi connectivity index (χ1) is 11.4. The number of hydrogen-bond donors (Lipinski definition) is 1. The highest BCUT2D eigenvalue weighted by Gasteiger charge is 2.40. The smallest absolute Gasteiger partial charge is 0.166 e. The molecule has 124 valence electrons. The molecule has 4 nitrogen and oxygen atoms in total. The number of allylic oxidation sites excluding steroid dienone is 2. The Labute approximate surface area is 146 Å². The Morgan fingerprint density at radius 2 is 2.04 bits per heavy atom. The van der Waals surface area contributed by atoms with Crippen molar-refractivity contribution < 1.29 is 9.53 Å². The van der Waals surface area contributed by atoms with Gasteiger partial charge in [0.15, 0.2) is 5.78 Å². The van der Waals surface area contributed by atoms with E-state index in [0.717, 1.165) is 22.6 Å². The van der Waals surface area contributed by atoms with Gasteiger partial charge in [0.2, 0.25) is 0 Å². The van der Waals surface area contributed by atoms with Gasteiger partial charge in [-0.05, 0) is 22.8 Å². The van der Waals surface area contributed by atoms with Crippen molar-refractivity contribution in [2.45, 2.75) is 31.9 Å². The first-order valence-corrected chi connectivity index (χ1v) is 8.72. The summed E-state index contributed by atoms with van der Waals surface area (Å²) in [5, 5.41) is 9.42. The van der Waals surface area contributed by atoms with Crippen molar-refractivity contribution in [3.8, 4) is 11.8 Å². The number of thioether (sulfide) groups is 1. The van der Waals surface area contributed by atoms with Crippen LogP contribution in [0.1, 0.15) is 37.5 Å². The lowest BCUT2D eigenvalue weighted by molar-refractivity contribution is -0.117. The van der Waals surface area contributed by atoms with E-state index in [1.807, 2.05) is 24.3 Å². The van der Waals surface area contributed by atoms with E-state index in [1.54, 1.807) is 18.9 Å². The second kappa shape index (κ2) is 6.03. The number of para-hydroxylation sites is 1. The third-order valence-corrected chi connectivity index (χ3v) is 5.82. The Bertz CT molecular complexity index is 815. The van der Waals surface area contributed by atoms with Gasteiger partial charge >= 0.3 is 0 Å². The maximum absolute atomic E-state index is 12.6. The Kier molecular flexibility index (Phi) is 4.18. The number of hydrogen-bond acceptors (Lipinski definition) is 5. The van der Waals surface area contributed by atoms with E-state index in [0.29, 0.717) is 23.3 Å². The van der Waals surface area contributed by atoms with E-state index in [2.05, 4.69) is 19.9 Å². The first-order valence-electron chi connectivity index (χ1n) is 7.84. The number of ether oxygens (including phenoxy) is 1.